The minimum atomic E-state index is -0.340. The third kappa shape index (κ3) is 3.35. The summed E-state index contributed by atoms with van der Waals surface area (Å²) in [6.45, 7) is 5.92. The van der Waals surface area contributed by atoms with Gasteiger partial charge in [-0.05, 0) is 50.1 Å². The lowest BCUT2D eigenvalue weighted by atomic mass is 10.1. The SMILES string of the molecule is CCC(N)C(Oc1cc(C)ccc1Cl)c1ccc(C)o1. The van der Waals surface area contributed by atoms with Gasteiger partial charge in [-0.25, -0.2) is 0 Å². The first kappa shape index (κ1) is 14.9. The zero-order chi connectivity index (χ0) is 14.7. The Morgan fingerprint density at radius 2 is 2.00 bits per heavy atom. The average Bonchev–Trinajstić information content (AvgIpc) is 2.85. The van der Waals surface area contributed by atoms with Crippen molar-refractivity contribution < 1.29 is 9.15 Å². The van der Waals surface area contributed by atoms with Crippen molar-refractivity contribution in [1.29, 1.82) is 0 Å². The van der Waals surface area contributed by atoms with E-state index in [-0.39, 0.29) is 12.1 Å². The van der Waals surface area contributed by atoms with Gasteiger partial charge in [0.25, 0.3) is 0 Å². The number of rotatable bonds is 5. The summed E-state index contributed by atoms with van der Waals surface area (Å²) in [4.78, 5) is 0. The van der Waals surface area contributed by atoms with Crippen molar-refractivity contribution in [3.05, 3.63) is 52.4 Å². The van der Waals surface area contributed by atoms with Crippen LogP contribution < -0.4 is 10.5 Å². The summed E-state index contributed by atoms with van der Waals surface area (Å²) in [6.07, 6.45) is 0.446. The molecule has 108 valence electrons. The van der Waals surface area contributed by atoms with E-state index < -0.39 is 0 Å². The van der Waals surface area contributed by atoms with Crippen molar-refractivity contribution in [3.8, 4) is 5.75 Å². The lowest BCUT2D eigenvalue weighted by Crippen LogP contribution is -2.31. The van der Waals surface area contributed by atoms with Gasteiger partial charge in [-0.2, -0.15) is 0 Å². The highest BCUT2D eigenvalue weighted by Gasteiger charge is 2.24. The van der Waals surface area contributed by atoms with Gasteiger partial charge in [-0.3, -0.25) is 0 Å². The molecule has 2 aromatic rings. The Morgan fingerprint density at radius 3 is 2.60 bits per heavy atom. The largest absolute Gasteiger partial charge is 0.479 e. The number of ether oxygens (including phenoxy) is 1. The fourth-order valence-electron chi connectivity index (χ4n) is 2.01. The van der Waals surface area contributed by atoms with Gasteiger partial charge in [0.2, 0.25) is 0 Å². The van der Waals surface area contributed by atoms with E-state index in [1.807, 2.05) is 51.1 Å². The number of nitrogens with two attached hydrogens (primary N) is 1. The first-order valence-electron chi connectivity index (χ1n) is 6.76. The monoisotopic (exact) mass is 293 g/mol. The predicted molar refractivity (Wildman–Crippen MR) is 81.3 cm³/mol. The summed E-state index contributed by atoms with van der Waals surface area (Å²) < 4.78 is 11.7. The number of hydrogen-bond acceptors (Lipinski definition) is 3. The molecule has 4 heteroatoms. The fourth-order valence-corrected chi connectivity index (χ4v) is 2.18. The second kappa shape index (κ2) is 6.33. The number of hydrogen-bond donors (Lipinski definition) is 1. The molecule has 0 saturated heterocycles. The maximum atomic E-state index is 6.18. The van der Waals surface area contributed by atoms with Crippen LogP contribution in [0.3, 0.4) is 0 Å². The van der Waals surface area contributed by atoms with Gasteiger partial charge in [0, 0.05) is 6.04 Å². The van der Waals surface area contributed by atoms with Crippen LogP contribution in [-0.2, 0) is 0 Å². The molecule has 2 rings (SSSR count). The van der Waals surface area contributed by atoms with Crippen LogP contribution in [-0.4, -0.2) is 6.04 Å². The molecule has 0 aliphatic heterocycles. The fraction of sp³-hybridized carbons (Fsp3) is 0.375. The minimum Gasteiger partial charge on any atom is -0.479 e. The summed E-state index contributed by atoms with van der Waals surface area (Å²) >= 11 is 6.18. The third-order valence-corrected chi connectivity index (χ3v) is 3.55. The van der Waals surface area contributed by atoms with Gasteiger partial charge in [0.15, 0.2) is 6.10 Å². The van der Waals surface area contributed by atoms with E-state index >= 15 is 0 Å². The van der Waals surface area contributed by atoms with Gasteiger partial charge >= 0.3 is 0 Å². The Morgan fingerprint density at radius 1 is 1.25 bits per heavy atom. The predicted octanol–water partition coefficient (Wildman–Crippen LogP) is 4.41. The van der Waals surface area contributed by atoms with E-state index in [2.05, 4.69) is 0 Å². The highest BCUT2D eigenvalue weighted by Crippen LogP contribution is 2.32. The maximum absolute atomic E-state index is 6.18. The van der Waals surface area contributed by atoms with E-state index in [9.17, 15) is 0 Å². The zero-order valence-electron chi connectivity index (χ0n) is 12.0. The first-order chi connectivity index (χ1) is 9.51. The van der Waals surface area contributed by atoms with Gasteiger partial charge in [0.05, 0.1) is 5.02 Å². The van der Waals surface area contributed by atoms with Crippen molar-refractivity contribution >= 4 is 11.6 Å². The van der Waals surface area contributed by atoms with E-state index in [0.717, 1.165) is 23.5 Å². The third-order valence-electron chi connectivity index (χ3n) is 3.24. The summed E-state index contributed by atoms with van der Waals surface area (Å²) in [5.74, 6) is 2.20. The summed E-state index contributed by atoms with van der Waals surface area (Å²) in [5.41, 5.74) is 7.25. The Labute approximate surface area is 124 Å². The molecule has 0 spiro atoms. The van der Waals surface area contributed by atoms with Crippen LogP contribution in [0.5, 0.6) is 5.75 Å². The van der Waals surface area contributed by atoms with Gasteiger partial charge in [-0.15, -0.1) is 0 Å². The molecule has 2 unspecified atom stereocenters. The van der Waals surface area contributed by atoms with Crippen molar-refractivity contribution in [1.82, 2.24) is 0 Å². The quantitative estimate of drug-likeness (QED) is 0.888. The Kier molecular flexibility index (Phi) is 4.73. The normalized spacial score (nSPS) is 14.1. The van der Waals surface area contributed by atoms with Crippen LogP contribution in [0.1, 0.15) is 36.5 Å². The average molecular weight is 294 g/mol. The minimum absolute atomic E-state index is 0.155. The summed E-state index contributed by atoms with van der Waals surface area (Å²) in [5, 5.41) is 0.576. The molecule has 3 nitrogen and oxygen atoms in total. The maximum Gasteiger partial charge on any atom is 0.171 e. The van der Waals surface area contributed by atoms with E-state index in [4.69, 9.17) is 26.5 Å². The Bertz CT molecular complexity index is 580. The molecule has 0 saturated carbocycles. The van der Waals surface area contributed by atoms with Crippen LogP contribution >= 0.6 is 11.6 Å². The van der Waals surface area contributed by atoms with E-state index in [1.165, 1.54) is 0 Å². The van der Waals surface area contributed by atoms with Crippen LogP contribution in [0.2, 0.25) is 5.02 Å². The molecule has 0 radical (unpaired) electrons. The molecular formula is C16H20ClNO2. The lowest BCUT2D eigenvalue weighted by Gasteiger charge is -2.23. The molecule has 20 heavy (non-hydrogen) atoms. The molecule has 1 aromatic carbocycles. The highest BCUT2D eigenvalue weighted by molar-refractivity contribution is 6.32. The molecule has 2 N–H and O–H groups in total. The molecule has 1 heterocycles. The molecule has 0 fully saturated rings. The summed E-state index contributed by atoms with van der Waals surface area (Å²) in [7, 11) is 0. The smallest absolute Gasteiger partial charge is 0.171 e. The highest BCUT2D eigenvalue weighted by atomic mass is 35.5. The Hall–Kier alpha value is -1.45. The van der Waals surface area contributed by atoms with Gasteiger partial charge < -0.3 is 14.9 Å². The van der Waals surface area contributed by atoms with E-state index in [1.54, 1.807) is 0 Å². The second-order valence-corrected chi connectivity index (χ2v) is 5.40. The van der Waals surface area contributed by atoms with Crippen LogP contribution in [0, 0.1) is 13.8 Å². The lowest BCUT2D eigenvalue weighted by molar-refractivity contribution is 0.143. The van der Waals surface area contributed by atoms with Crippen molar-refractivity contribution in [2.45, 2.75) is 39.3 Å². The molecule has 0 aliphatic carbocycles. The molecule has 0 aliphatic rings. The standard InChI is InChI=1S/C16H20ClNO2/c1-4-13(18)16(14-8-6-11(3)19-14)20-15-9-10(2)5-7-12(15)17/h5-9,13,16H,4,18H2,1-3H3. The molecule has 2 atom stereocenters. The molecular weight excluding hydrogens is 274 g/mol. The summed E-state index contributed by atoms with van der Waals surface area (Å²) in [6, 6.07) is 9.34. The second-order valence-electron chi connectivity index (χ2n) is 4.99. The van der Waals surface area contributed by atoms with Crippen molar-refractivity contribution in [2.75, 3.05) is 0 Å². The van der Waals surface area contributed by atoms with Gasteiger partial charge in [-0.1, -0.05) is 24.6 Å². The van der Waals surface area contributed by atoms with Crippen molar-refractivity contribution in [2.24, 2.45) is 5.73 Å². The van der Waals surface area contributed by atoms with Gasteiger partial charge in [0.1, 0.15) is 17.3 Å². The number of halogens is 1. The zero-order valence-corrected chi connectivity index (χ0v) is 12.8. The van der Waals surface area contributed by atoms with Crippen LogP contribution in [0.25, 0.3) is 0 Å². The van der Waals surface area contributed by atoms with Crippen LogP contribution in [0.4, 0.5) is 0 Å². The molecule has 1 aromatic heterocycles. The topological polar surface area (TPSA) is 48.4 Å². The first-order valence-corrected chi connectivity index (χ1v) is 7.13. The Balaban J connectivity index is 2.30. The van der Waals surface area contributed by atoms with Crippen LogP contribution in [0.15, 0.2) is 34.7 Å². The number of furan rings is 1. The molecule has 0 amide bonds. The van der Waals surface area contributed by atoms with E-state index in [0.29, 0.717) is 10.8 Å². The van der Waals surface area contributed by atoms with Crippen molar-refractivity contribution in [3.63, 3.8) is 0 Å². The number of aryl methyl sites for hydroxylation is 2. The number of benzene rings is 1. The molecule has 0 bridgehead atoms.